The highest BCUT2D eigenvalue weighted by Gasteiger charge is 2.51. The number of anilines is 2. The summed E-state index contributed by atoms with van der Waals surface area (Å²) in [6.07, 6.45) is 0. The first kappa shape index (κ1) is 39.5. The van der Waals surface area contributed by atoms with Crippen LogP contribution in [-0.2, 0) is 15.9 Å². The molecule has 9 nitrogen and oxygen atoms in total. The van der Waals surface area contributed by atoms with Crippen LogP contribution in [0.15, 0.2) is 133 Å². The van der Waals surface area contributed by atoms with E-state index in [1.165, 1.54) is 36.4 Å². The molecule has 0 radical (unpaired) electrons. The van der Waals surface area contributed by atoms with Crippen molar-refractivity contribution in [2.24, 2.45) is 0 Å². The van der Waals surface area contributed by atoms with Gasteiger partial charge in [0.2, 0.25) is 0 Å². The van der Waals surface area contributed by atoms with Crippen LogP contribution in [0.2, 0.25) is 20.1 Å². The molecule has 0 aliphatic carbocycles. The van der Waals surface area contributed by atoms with Gasteiger partial charge in [0.25, 0.3) is 11.4 Å². The molecule has 2 unspecified atom stereocenters. The monoisotopic (exact) mass is 814 g/mol. The fraction of sp³-hybridized carbons (Fsp3) is 0.143. The van der Waals surface area contributed by atoms with Gasteiger partial charge in [-0.25, -0.2) is 0 Å². The fourth-order valence-corrected chi connectivity index (χ4v) is 7.43. The average Bonchev–Trinajstić information content (AvgIpc) is 3.17. The minimum atomic E-state index is -1.81. The van der Waals surface area contributed by atoms with E-state index in [1.54, 1.807) is 48.5 Å². The number of halogens is 4. The molecule has 13 heteroatoms. The third kappa shape index (κ3) is 7.59. The Hall–Kier alpha value is -5.16. The molecule has 280 valence electrons. The lowest BCUT2D eigenvalue weighted by Crippen LogP contribution is -2.45. The number of nitrogens with zero attached hydrogens (tertiary/aromatic N) is 4. The molecule has 2 atom stereocenters. The van der Waals surface area contributed by atoms with Crippen molar-refractivity contribution in [2.45, 2.75) is 11.2 Å². The van der Waals surface area contributed by atoms with Crippen molar-refractivity contribution in [3.8, 4) is 0 Å². The van der Waals surface area contributed by atoms with Gasteiger partial charge in [-0.2, -0.15) is 0 Å². The molecule has 0 aromatic heterocycles. The summed E-state index contributed by atoms with van der Waals surface area (Å²) in [4.78, 5) is 27.7. The van der Waals surface area contributed by atoms with Gasteiger partial charge in [0, 0.05) is 95.0 Å². The van der Waals surface area contributed by atoms with Gasteiger partial charge in [-0.05, 0) is 82.9 Å². The van der Waals surface area contributed by atoms with Crippen molar-refractivity contribution in [3.63, 3.8) is 0 Å². The average molecular weight is 817 g/mol. The van der Waals surface area contributed by atoms with Crippen LogP contribution in [0.3, 0.4) is 0 Å². The number of rotatable bonds is 12. The van der Waals surface area contributed by atoms with Crippen LogP contribution in [0.4, 0.5) is 22.7 Å². The standard InChI is InChI=1S/C42H34Cl4N4O5/c1-47(2)33-17-9-29(10-18-33)41(27-5-13-31(43)14-6-27,37-25-35(49(51)52)21-23-39(37)45)55-42(28-7-15-32(44)16-8-28,30-11-19-34(20-12-30)48(3)4)38-26-36(50(53)54)22-24-40(38)46/h5-26H,1-4H3. The predicted octanol–water partition coefficient (Wildman–Crippen LogP) is 11.5. The maximum absolute atomic E-state index is 12.4. The predicted molar refractivity (Wildman–Crippen MR) is 222 cm³/mol. The first-order valence-electron chi connectivity index (χ1n) is 16.8. The third-order valence-corrected chi connectivity index (χ3v) is 10.6. The lowest BCUT2D eigenvalue weighted by molar-refractivity contribution is -0.385. The van der Waals surface area contributed by atoms with Gasteiger partial charge in [0.1, 0.15) is 11.2 Å². The zero-order valence-electron chi connectivity index (χ0n) is 30.0. The van der Waals surface area contributed by atoms with Crippen molar-refractivity contribution in [2.75, 3.05) is 38.0 Å². The smallest absolute Gasteiger partial charge is 0.269 e. The second-order valence-electron chi connectivity index (χ2n) is 13.2. The van der Waals surface area contributed by atoms with E-state index >= 15 is 0 Å². The summed E-state index contributed by atoms with van der Waals surface area (Å²) in [6, 6.07) is 37.1. The SMILES string of the molecule is CN(C)c1ccc(C(OC(c2ccc(Cl)cc2)(c2ccc(N(C)C)cc2)c2cc([N+](=O)[O-])ccc2Cl)(c2ccc(Cl)cc2)c2cc([N+](=O)[O-])ccc2Cl)cc1. The van der Waals surface area contributed by atoms with Gasteiger partial charge in [-0.3, -0.25) is 20.2 Å². The summed E-state index contributed by atoms with van der Waals surface area (Å²) in [5.74, 6) is 0. The van der Waals surface area contributed by atoms with Gasteiger partial charge in [0.05, 0.1) is 9.85 Å². The molecule has 6 aromatic carbocycles. The molecule has 0 aliphatic rings. The van der Waals surface area contributed by atoms with Crippen LogP contribution >= 0.6 is 46.4 Å². The summed E-state index contributed by atoms with van der Waals surface area (Å²) < 4.78 is 7.93. The Kier molecular flexibility index (Phi) is 11.4. The second-order valence-corrected chi connectivity index (χ2v) is 14.9. The number of ether oxygens (including phenoxy) is 1. The quantitative estimate of drug-likeness (QED) is 0.0688. The van der Waals surface area contributed by atoms with Crippen LogP contribution in [0.25, 0.3) is 0 Å². The van der Waals surface area contributed by atoms with Crippen molar-refractivity contribution in [1.29, 1.82) is 0 Å². The third-order valence-electron chi connectivity index (χ3n) is 9.47. The zero-order valence-corrected chi connectivity index (χ0v) is 33.1. The molecule has 0 heterocycles. The van der Waals surface area contributed by atoms with Gasteiger partial charge >= 0.3 is 0 Å². The molecule has 0 spiro atoms. The zero-order chi connectivity index (χ0) is 39.7. The minimum absolute atomic E-state index is 0.148. The Morgan fingerprint density at radius 1 is 0.473 bits per heavy atom. The molecule has 0 aliphatic heterocycles. The van der Waals surface area contributed by atoms with E-state index in [0.717, 1.165) is 11.4 Å². The van der Waals surface area contributed by atoms with Gasteiger partial charge in [-0.15, -0.1) is 0 Å². The Bertz CT molecular complexity index is 2190. The number of nitro groups is 2. The van der Waals surface area contributed by atoms with E-state index in [4.69, 9.17) is 51.1 Å². The molecule has 0 amide bonds. The number of non-ortho nitro benzene ring substituents is 2. The van der Waals surface area contributed by atoms with Gasteiger partial charge in [-0.1, -0.05) is 94.9 Å². The number of hydrogen-bond acceptors (Lipinski definition) is 7. The Morgan fingerprint density at radius 3 is 1.04 bits per heavy atom. The Morgan fingerprint density at radius 2 is 0.764 bits per heavy atom. The second kappa shape index (κ2) is 15.9. The van der Waals surface area contributed by atoms with E-state index in [9.17, 15) is 20.2 Å². The highest BCUT2D eigenvalue weighted by atomic mass is 35.5. The number of hydrogen-bond donors (Lipinski definition) is 0. The maximum Gasteiger partial charge on any atom is 0.269 e. The van der Waals surface area contributed by atoms with E-state index in [2.05, 4.69) is 0 Å². The van der Waals surface area contributed by atoms with Crippen LogP contribution in [0.1, 0.15) is 33.4 Å². The summed E-state index contributed by atoms with van der Waals surface area (Å²) >= 11 is 27.3. The summed E-state index contributed by atoms with van der Waals surface area (Å²) in [5, 5.41) is 26.0. The topological polar surface area (TPSA) is 102 Å². The molecular formula is C42H34Cl4N4O5. The Balaban J connectivity index is 1.88. The lowest BCUT2D eigenvalue weighted by atomic mass is 9.75. The molecule has 6 rings (SSSR count). The molecule has 0 saturated carbocycles. The Labute approximate surface area is 338 Å². The molecule has 0 fully saturated rings. The van der Waals surface area contributed by atoms with Gasteiger partial charge in [0.15, 0.2) is 0 Å². The van der Waals surface area contributed by atoms with Crippen molar-refractivity contribution < 1.29 is 14.6 Å². The molecule has 6 aromatic rings. The van der Waals surface area contributed by atoms with Crippen LogP contribution in [-0.4, -0.2) is 38.0 Å². The normalized spacial score (nSPS) is 13.4. The van der Waals surface area contributed by atoms with Gasteiger partial charge < -0.3 is 14.5 Å². The molecule has 0 N–H and O–H groups in total. The van der Waals surface area contributed by atoms with Crippen LogP contribution in [0.5, 0.6) is 0 Å². The van der Waals surface area contributed by atoms with E-state index in [1.807, 2.05) is 86.5 Å². The fourth-order valence-electron chi connectivity index (χ4n) is 6.68. The number of benzene rings is 6. The van der Waals surface area contributed by atoms with E-state index in [-0.39, 0.29) is 32.5 Å². The minimum Gasteiger partial charge on any atom is -0.378 e. The first-order chi connectivity index (χ1) is 26.2. The molecular weight excluding hydrogens is 782 g/mol. The van der Waals surface area contributed by atoms with Crippen molar-refractivity contribution in [3.05, 3.63) is 207 Å². The van der Waals surface area contributed by atoms with E-state index < -0.39 is 21.0 Å². The largest absolute Gasteiger partial charge is 0.378 e. The molecule has 55 heavy (non-hydrogen) atoms. The van der Waals surface area contributed by atoms with Crippen LogP contribution < -0.4 is 9.80 Å². The van der Waals surface area contributed by atoms with Crippen molar-refractivity contribution >= 4 is 69.2 Å². The highest BCUT2D eigenvalue weighted by molar-refractivity contribution is 6.32. The molecule has 0 saturated heterocycles. The van der Waals surface area contributed by atoms with Crippen molar-refractivity contribution in [1.82, 2.24) is 0 Å². The summed E-state index contributed by atoms with van der Waals surface area (Å²) in [7, 11) is 7.62. The lowest BCUT2D eigenvalue weighted by Gasteiger charge is -2.46. The maximum atomic E-state index is 12.4. The van der Waals surface area contributed by atoms with Crippen LogP contribution in [0, 0.1) is 20.2 Å². The first-order valence-corrected chi connectivity index (χ1v) is 18.4. The van der Waals surface area contributed by atoms with E-state index in [0.29, 0.717) is 32.3 Å². The molecule has 0 bridgehead atoms. The number of nitro benzene ring substituents is 2. The highest BCUT2D eigenvalue weighted by Crippen LogP contribution is 2.55. The summed E-state index contributed by atoms with van der Waals surface area (Å²) in [6.45, 7) is 0. The summed E-state index contributed by atoms with van der Waals surface area (Å²) in [5.41, 5.74) is 0.0651.